The zero-order chi connectivity index (χ0) is 38.8. The molecule has 4 saturated heterocycles. The maximum Gasteiger partial charge on any atom is 0.262 e. The molecule has 296 valence electrons. The van der Waals surface area contributed by atoms with Crippen LogP contribution in [0.4, 0.5) is 11.5 Å². The van der Waals surface area contributed by atoms with Crippen LogP contribution in [0.25, 0.3) is 22.2 Å². The maximum atomic E-state index is 13.3. The SMILES string of the molecule is CC1(Oc2ccc3[nH]nc(-c4ccnc(N5CC(CN6CCN(CC7CCN(c8ccc9c(c8)C(=O)N(C8CCC(=O)NC8=O)C9=O)CC7)CC6)C5)c4)c3c2)CC1. The Kier molecular flexibility index (Phi) is 9.00. The molecular weight excluding hydrogens is 723 g/mol. The van der Waals surface area contributed by atoms with Crippen molar-refractivity contribution in [2.24, 2.45) is 11.8 Å². The fourth-order valence-corrected chi connectivity index (χ4v) is 9.36. The lowest BCUT2D eigenvalue weighted by molar-refractivity contribution is -0.136. The minimum atomic E-state index is -0.951. The molecule has 1 atom stereocenters. The van der Waals surface area contributed by atoms with Crippen molar-refractivity contribution in [1.82, 2.24) is 35.2 Å². The lowest BCUT2D eigenvalue weighted by Crippen LogP contribution is -2.55. The number of aromatic nitrogens is 3. The number of anilines is 2. The molecule has 1 saturated carbocycles. The number of nitrogens with one attached hydrogen (secondary N) is 2. The van der Waals surface area contributed by atoms with Gasteiger partial charge in [-0.1, -0.05) is 0 Å². The number of rotatable bonds is 10. The van der Waals surface area contributed by atoms with E-state index in [1.165, 1.54) is 0 Å². The molecule has 6 aliphatic rings. The Bertz CT molecular complexity index is 2250. The molecule has 2 aromatic carbocycles. The monoisotopic (exact) mass is 771 g/mol. The van der Waals surface area contributed by atoms with E-state index in [9.17, 15) is 19.2 Å². The molecular formula is C43H49N9O5. The van der Waals surface area contributed by atoms with E-state index in [1.807, 2.05) is 24.4 Å². The molecule has 0 bridgehead atoms. The van der Waals surface area contributed by atoms with Gasteiger partial charge in [-0.2, -0.15) is 5.10 Å². The Morgan fingerprint density at radius 2 is 1.53 bits per heavy atom. The number of H-pyrrole nitrogens is 1. The fraction of sp³-hybridized carbons (Fsp3) is 0.488. The Labute approximate surface area is 331 Å². The molecule has 10 rings (SSSR count). The van der Waals surface area contributed by atoms with Crippen LogP contribution in [-0.4, -0.2) is 131 Å². The first kappa shape index (κ1) is 36.0. The van der Waals surface area contributed by atoms with Crippen molar-refractivity contribution < 1.29 is 23.9 Å². The molecule has 7 heterocycles. The molecule has 14 heteroatoms. The van der Waals surface area contributed by atoms with Gasteiger partial charge < -0.3 is 24.3 Å². The van der Waals surface area contributed by atoms with Crippen molar-refractivity contribution >= 4 is 46.0 Å². The van der Waals surface area contributed by atoms with Gasteiger partial charge in [0.05, 0.1) is 16.6 Å². The van der Waals surface area contributed by atoms with E-state index in [0.29, 0.717) is 23.0 Å². The molecule has 0 radical (unpaired) electrons. The molecule has 14 nitrogen and oxygen atoms in total. The van der Waals surface area contributed by atoms with E-state index in [-0.39, 0.29) is 24.3 Å². The first-order valence-corrected chi connectivity index (χ1v) is 20.6. The third kappa shape index (κ3) is 7.03. The predicted octanol–water partition coefficient (Wildman–Crippen LogP) is 3.93. The number of benzene rings is 2. The van der Waals surface area contributed by atoms with Crippen LogP contribution >= 0.6 is 0 Å². The molecule has 4 amide bonds. The third-order valence-electron chi connectivity index (χ3n) is 13.1. The van der Waals surface area contributed by atoms with Gasteiger partial charge in [0.1, 0.15) is 28.9 Å². The van der Waals surface area contributed by atoms with Gasteiger partial charge in [-0.3, -0.25) is 34.5 Å². The fourth-order valence-electron chi connectivity index (χ4n) is 9.36. The number of carbonyl (C=O) groups is 4. The summed E-state index contributed by atoms with van der Waals surface area (Å²) in [7, 11) is 0. The summed E-state index contributed by atoms with van der Waals surface area (Å²) >= 11 is 0. The molecule has 4 aromatic rings. The van der Waals surface area contributed by atoms with Crippen molar-refractivity contribution in [3.63, 3.8) is 0 Å². The number of piperidine rings is 2. The molecule has 5 fully saturated rings. The number of ether oxygens (including phenoxy) is 1. The number of pyridine rings is 1. The predicted molar refractivity (Wildman–Crippen MR) is 214 cm³/mol. The molecule has 2 aromatic heterocycles. The minimum absolute atomic E-state index is 0.0275. The summed E-state index contributed by atoms with van der Waals surface area (Å²) in [5.74, 6) is 1.26. The number of fused-ring (bicyclic) bond motifs is 2. The van der Waals surface area contributed by atoms with E-state index < -0.39 is 23.8 Å². The molecule has 5 aliphatic heterocycles. The average molecular weight is 772 g/mol. The Morgan fingerprint density at radius 1 is 0.789 bits per heavy atom. The van der Waals surface area contributed by atoms with Crippen molar-refractivity contribution in [3.8, 4) is 17.0 Å². The van der Waals surface area contributed by atoms with Crippen LogP contribution in [0.5, 0.6) is 5.75 Å². The summed E-state index contributed by atoms with van der Waals surface area (Å²) in [6, 6.07) is 14.9. The number of carbonyl (C=O) groups excluding carboxylic acids is 4. The zero-order valence-electron chi connectivity index (χ0n) is 32.4. The standard InChI is InChI=1S/C43H49N9O5/c1-43(11-12-43)57-31-3-5-35-34(22-31)39(47-46-35)29-8-13-44-37(20-29)51-25-28(26-51)24-49-18-16-48(17-19-49)23-27-9-14-50(15-10-27)30-2-4-32-33(21-30)42(56)52(41(32)55)36-6-7-38(53)45-40(36)54/h2-5,8,13,20-22,27-28,36H,6-7,9-12,14-19,23-26H2,1H3,(H,46,47)(H,45,53,54). The Morgan fingerprint density at radius 3 is 2.26 bits per heavy atom. The number of piperazine rings is 1. The van der Waals surface area contributed by atoms with Crippen molar-refractivity contribution in [2.45, 2.75) is 57.1 Å². The zero-order valence-corrected chi connectivity index (χ0v) is 32.4. The number of hydrogen-bond donors (Lipinski definition) is 2. The summed E-state index contributed by atoms with van der Waals surface area (Å²) in [6.45, 7) is 12.6. The molecule has 1 unspecified atom stereocenters. The van der Waals surface area contributed by atoms with E-state index in [4.69, 9.17) is 9.72 Å². The van der Waals surface area contributed by atoms with E-state index in [1.54, 1.807) is 12.1 Å². The summed E-state index contributed by atoms with van der Waals surface area (Å²) in [5, 5.41) is 11.2. The Hall–Kier alpha value is -5.34. The van der Waals surface area contributed by atoms with Gasteiger partial charge in [-0.05, 0) is 93.5 Å². The van der Waals surface area contributed by atoms with Gasteiger partial charge in [0, 0.05) is 101 Å². The van der Waals surface area contributed by atoms with Crippen molar-refractivity contribution in [1.29, 1.82) is 0 Å². The van der Waals surface area contributed by atoms with Gasteiger partial charge in [-0.15, -0.1) is 0 Å². The van der Waals surface area contributed by atoms with Gasteiger partial charge in [0.15, 0.2) is 0 Å². The second-order valence-corrected chi connectivity index (χ2v) is 17.2. The van der Waals surface area contributed by atoms with Crippen molar-refractivity contribution in [2.75, 3.05) is 75.2 Å². The van der Waals surface area contributed by atoms with Crippen LogP contribution in [0, 0.1) is 11.8 Å². The second-order valence-electron chi connectivity index (χ2n) is 17.2. The maximum absolute atomic E-state index is 13.3. The highest BCUT2D eigenvalue weighted by atomic mass is 16.5. The normalized spacial score (nSPS) is 23.2. The van der Waals surface area contributed by atoms with E-state index in [0.717, 1.165) is 135 Å². The van der Waals surface area contributed by atoms with Crippen LogP contribution in [-0.2, 0) is 9.59 Å². The van der Waals surface area contributed by atoms with Crippen LogP contribution in [0.3, 0.4) is 0 Å². The van der Waals surface area contributed by atoms with E-state index >= 15 is 0 Å². The smallest absolute Gasteiger partial charge is 0.262 e. The molecule has 2 N–H and O–H groups in total. The highest BCUT2D eigenvalue weighted by molar-refractivity contribution is 6.23. The van der Waals surface area contributed by atoms with Crippen LogP contribution in [0.1, 0.15) is 66.2 Å². The second kappa shape index (κ2) is 14.2. The number of aromatic amines is 1. The first-order chi connectivity index (χ1) is 27.7. The number of amides is 4. The summed E-state index contributed by atoms with van der Waals surface area (Å²) in [5.41, 5.74) is 4.55. The van der Waals surface area contributed by atoms with Crippen LogP contribution in [0.2, 0.25) is 0 Å². The van der Waals surface area contributed by atoms with Crippen LogP contribution < -0.4 is 19.9 Å². The molecule has 0 spiro atoms. The number of nitrogens with zero attached hydrogens (tertiary/aromatic N) is 7. The van der Waals surface area contributed by atoms with Gasteiger partial charge in [0.25, 0.3) is 11.8 Å². The summed E-state index contributed by atoms with van der Waals surface area (Å²) in [4.78, 5) is 66.2. The minimum Gasteiger partial charge on any atom is -0.488 e. The van der Waals surface area contributed by atoms with Gasteiger partial charge in [0.2, 0.25) is 11.8 Å². The number of hydrogen-bond acceptors (Lipinski definition) is 11. The summed E-state index contributed by atoms with van der Waals surface area (Å²) in [6.07, 6.45) is 6.50. The summed E-state index contributed by atoms with van der Waals surface area (Å²) < 4.78 is 6.24. The lowest BCUT2D eigenvalue weighted by atomic mass is 9.95. The van der Waals surface area contributed by atoms with Gasteiger partial charge in [-0.25, -0.2) is 4.98 Å². The first-order valence-electron chi connectivity index (χ1n) is 20.6. The van der Waals surface area contributed by atoms with Crippen LogP contribution in [0.15, 0.2) is 54.7 Å². The molecule has 57 heavy (non-hydrogen) atoms. The quantitative estimate of drug-likeness (QED) is 0.226. The van der Waals surface area contributed by atoms with E-state index in [2.05, 4.69) is 60.2 Å². The highest BCUT2D eigenvalue weighted by Gasteiger charge is 2.45. The van der Waals surface area contributed by atoms with Crippen molar-refractivity contribution in [3.05, 3.63) is 65.9 Å². The van der Waals surface area contributed by atoms with Gasteiger partial charge >= 0.3 is 0 Å². The average Bonchev–Trinajstić information content (AvgIpc) is 3.68. The highest BCUT2D eigenvalue weighted by Crippen LogP contribution is 2.41. The Balaban J connectivity index is 0.671. The topological polar surface area (TPSA) is 147 Å². The third-order valence-corrected chi connectivity index (χ3v) is 13.1. The lowest BCUT2D eigenvalue weighted by Gasteiger charge is -2.44. The number of imide groups is 2. The molecule has 1 aliphatic carbocycles. The largest absolute Gasteiger partial charge is 0.488 e.